The average Bonchev–Trinajstić information content (AvgIpc) is 2.62. The SMILES string of the molecule is FC(F)(F)c1ccc(-c2cc(NCCc3ccccc3)ncn2)cc1Cl. The quantitative estimate of drug-likeness (QED) is 0.640. The van der Waals surface area contributed by atoms with Crippen molar-refractivity contribution < 1.29 is 13.2 Å². The van der Waals surface area contributed by atoms with Gasteiger partial charge in [0.15, 0.2) is 0 Å². The van der Waals surface area contributed by atoms with Crippen molar-refractivity contribution in [3.05, 3.63) is 77.1 Å². The van der Waals surface area contributed by atoms with Crippen LogP contribution in [-0.2, 0) is 12.6 Å². The summed E-state index contributed by atoms with van der Waals surface area (Å²) in [6.45, 7) is 0.675. The molecule has 0 radical (unpaired) electrons. The maximum Gasteiger partial charge on any atom is 0.417 e. The largest absolute Gasteiger partial charge is 0.417 e. The van der Waals surface area contributed by atoms with Gasteiger partial charge in [-0.3, -0.25) is 0 Å². The maximum absolute atomic E-state index is 12.8. The molecule has 3 rings (SSSR count). The summed E-state index contributed by atoms with van der Waals surface area (Å²) in [5.74, 6) is 0.599. The fraction of sp³-hybridized carbons (Fsp3) is 0.158. The van der Waals surface area contributed by atoms with Crippen molar-refractivity contribution in [3.8, 4) is 11.3 Å². The molecule has 1 heterocycles. The van der Waals surface area contributed by atoms with E-state index in [9.17, 15) is 13.2 Å². The topological polar surface area (TPSA) is 37.8 Å². The first-order chi connectivity index (χ1) is 12.4. The van der Waals surface area contributed by atoms with Gasteiger partial charge in [-0.05, 0) is 24.1 Å². The lowest BCUT2D eigenvalue weighted by Gasteiger charge is -2.11. The molecule has 0 aliphatic rings. The van der Waals surface area contributed by atoms with Crippen LogP contribution in [0.4, 0.5) is 19.0 Å². The molecule has 1 aromatic heterocycles. The van der Waals surface area contributed by atoms with Gasteiger partial charge in [0.05, 0.1) is 16.3 Å². The van der Waals surface area contributed by atoms with Crippen molar-refractivity contribution >= 4 is 17.4 Å². The molecular formula is C19H15ClF3N3. The molecule has 0 saturated carbocycles. The minimum atomic E-state index is -4.48. The second kappa shape index (κ2) is 7.74. The van der Waals surface area contributed by atoms with Crippen LogP contribution < -0.4 is 5.32 Å². The van der Waals surface area contributed by atoms with Gasteiger partial charge in [-0.1, -0.05) is 48.0 Å². The minimum absolute atomic E-state index is 0.354. The molecule has 0 fully saturated rings. The van der Waals surface area contributed by atoms with Gasteiger partial charge >= 0.3 is 6.18 Å². The predicted octanol–water partition coefficient (Wildman–Crippen LogP) is 5.47. The van der Waals surface area contributed by atoms with Crippen LogP contribution >= 0.6 is 11.6 Å². The van der Waals surface area contributed by atoms with E-state index < -0.39 is 11.7 Å². The normalized spacial score (nSPS) is 11.4. The van der Waals surface area contributed by atoms with E-state index in [1.165, 1.54) is 24.0 Å². The zero-order valence-corrected chi connectivity index (χ0v) is 14.3. The summed E-state index contributed by atoms with van der Waals surface area (Å²) in [6, 6.07) is 15.3. The molecule has 0 aliphatic carbocycles. The van der Waals surface area contributed by atoms with Crippen LogP contribution in [0, 0.1) is 0 Å². The van der Waals surface area contributed by atoms with Gasteiger partial charge in [0.2, 0.25) is 0 Å². The van der Waals surface area contributed by atoms with Crippen molar-refractivity contribution in [3.63, 3.8) is 0 Å². The van der Waals surface area contributed by atoms with Gasteiger partial charge in [-0.15, -0.1) is 0 Å². The van der Waals surface area contributed by atoms with Crippen molar-refractivity contribution in [1.82, 2.24) is 9.97 Å². The van der Waals surface area contributed by atoms with E-state index >= 15 is 0 Å². The van der Waals surface area contributed by atoms with Crippen molar-refractivity contribution in [2.75, 3.05) is 11.9 Å². The van der Waals surface area contributed by atoms with Gasteiger partial charge in [-0.2, -0.15) is 13.2 Å². The highest BCUT2D eigenvalue weighted by atomic mass is 35.5. The molecule has 3 nitrogen and oxygen atoms in total. The molecule has 2 aromatic carbocycles. The molecule has 0 bridgehead atoms. The summed E-state index contributed by atoms with van der Waals surface area (Å²) < 4.78 is 38.4. The Labute approximate surface area is 153 Å². The Bertz CT molecular complexity index is 883. The number of aromatic nitrogens is 2. The Balaban J connectivity index is 1.72. The Morgan fingerprint density at radius 1 is 0.962 bits per heavy atom. The summed E-state index contributed by atoms with van der Waals surface area (Å²) in [5, 5.41) is 2.83. The molecule has 1 N–H and O–H groups in total. The molecular weight excluding hydrogens is 363 g/mol. The first-order valence-corrected chi connectivity index (χ1v) is 8.28. The van der Waals surface area contributed by atoms with Crippen LogP contribution in [0.5, 0.6) is 0 Å². The molecule has 7 heteroatoms. The third-order valence-corrected chi connectivity index (χ3v) is 4.11. The van der Waals surface area contributed by atoms with Gasteiger partial charge in [0, 0.05) is 18.2 Å². The molecule has 0 atom stereocenters. The zero-order valence-electron chi connectivity index (χ0n) is 13.6. The number of nitrogens with zero attached hydrogens (tertiary/aromatic N) is 2. The maximum atomic E-state index is 12.8. The number of nitrogens with one attached hydrogen (secondary N) is 1. The second-order valence-electron chi connectivity index (χ2n) is 5.64. The van der Waals surface area contributed by atoms with Crippen molar-refractivity contribution in [2.45, 2.75) is 12.6 Å². The van der Waals surface area contributed by atoms with E-state index in [2.05, 4.69) is 15.3 Å². The van der Waals surface area contributed by atoms with E-state index in [0.29, 0.717) is 23.6 Å². The number of benzene rings is 2. The third-order valence-electron chi connectivity index (χ3n) is 3.80. The van der Waals surface area contributed by atoms with Gasteiger partial charge in [0.1, 0.15) is 12.1 Å². The summed E-state index contributed by atoms with van der Waals surface area (Å²) in [7, 11) is 0. The predicted molar refractivity (Wildman–Crippen MR) is 96.1 cm³/mol. The van der Waals surface area contributed by atoms with Gasteiger partial charge in [-0.25, -0.2) is 9.97 Å². The first kappa shape index (κ1) is 18.2. The molecule has 0 unspecified atom stereocenters. The monoisotopic (exact) mass is 377 g/mol. The molecule has 0 aliphatic heterocycles. The zero-order chi connectivity index (χ0) is 18.6. The lowest BCUT2D eigenvalue weighted by atomic mass is 10.1. The number of rotatable bonds is 5. The second-order valence-corrected chi connectivity index (χ2v) is 6.05. The number of alkyl halides is 3. The molecule has 134 valence electrons. The van der Waals surface area contributed by atoms with Crippen LogP contribution in [-0.4, -0.2) is 16.5 Å². The fourth-order valence-corrected chi connectivity index (χ4v) is 2.78. The fourth-order valence-electron chi connectivity index (χ4n) is 2.50. The van der Waals surface area contributed by atoms with Crippen LogP contribution in [0.15, 0.2) is 60.9 Å². The molecule has 26 heavy (non-hydrogen) atoms. The van der Waals surface area contributed by atoms with Crippen molar-refractivity contribution in [1.29, 1.82) is 0 Å². The molecule has 0 spiro atoms. The van der Waals surface area contributed by atoms with E-state index in [1.807, 2.05) is 30.3 Å². The van der Waals surface area contributed by atoms with E-state index in [-0.39, 0.29) is 5.02 Å². The summed E-state index contributed by atoms with van der Waals surface area (Å²) in [6.07, 6.45) is -2.29. The highest BCUT2D eigenvalue weighted by molar-refractivity contribution is 6.31. The smallest absolute Gasteiger partial charge is 0.370 e. The lowest BCUT2D eigenvalue weighted by Crippen LogP contribution is -2.07. The Morgan fingerprint density at radius 2 is 1.73 bits per heavy atom. The molecule has 0 amide bonds. The summed E-state index contributed by atoms with van der Waals surface area (Å²) in [5.41, 5.74) is 1.33. The minimum Gasteiger partial charge on any atom is -0.370 e. The van der Waals surface area contributed by atoms with Crippen LogP contribution in [0.1, 0.15) is 11.1 Å². The van der Waals surface area contributed by atoms with E-state index in [4.69, 9.17) is 11.6 Å². The van der Waals surface area contributed by atoms with E-state index in [1.54, 1.807) is 6.07 Å². The van der Waals surface area contributed by atoms with Crippen molar-refractivity contribution in [2.24, 2.45) is 0 Å². The Kier molecular flexibility index (Phi) is 5.42. The Morgan fingerprint density at radius 3 is 2.42 bits per heavy atom. The van der Waals surface area contributed by atoms with Gasteiger partial charge in [0.25, 0.3) is 0 Å². The van der Waals surface area contributed by atoms with E-state index in [0.717, 1.165) is 12.5 Å². The standard InChI is InChI=1S/C19H15ClF3N3/c20-16-10-14(6-7-15(16)19(21,22)23)17-11-18(26-12-25-17)24-9-8-13-4-2-1-3-5-13/h1-7,10-12H,8-9H2,(H,24,25,26). The number of hydrogen-bond acceptors (Lipinski definition) is 3. The summed E-state index contributed by atoms with van der Waals surface area (Å²) >= 11 is 5.78. The number of hydrogen-bond donors (Lipinski definition) is 1. The highest BCUT2D eigenvalue weighted by Crippen LogP contribution is 2.36. The molecule has 3 aromatic rings. The number of anilines is 1. The average molecular weight is 378 g/mol. The Hall–Kier alpha value is -2.60. The summed E-state index contributed by atoms with van der Waals surface area (Å²) in [4.78, 5) is 8.26. The van der Waals surface area contributed by atoms with Crippen LogP contribution in [0.25, 0.3) is 11.3 Å². The van der Waals surface area contributed by atoms with Gasteiger partial charge < -0.3 is 5.32 Å². The number of halogens is 4. The third kappa shape index (κ3) is 4.52. The molecule has 0 saturated heterocycles. The first-order valence-electron chi connectivity index (χ1n) is 7.90. The van der Waals surface area contributed by atoms with Crippen LogP contribution in [0.3, 0.4) is 0 Å². The highest BCUT2D eigenvalue weighted by Gasteiger charge is 2.33. The lowest BCUT2D eigenvalue weighted by molar-refractivity contribution is -0.137. The van der Waals surface area contributed by atoms with Crippen LogP contribution in [0.2, 0.25) is 5.02 Å².